The van der Waals surface area contributed by atoms with Gasteiger partial charge in [0.1, 0.15) is 6.07 Å². The maximum absolute atomic E-state index is 9.34. The first-order valence-electron chi connectivity index (χ1n) is 7.08. The van der Waals surface area contributed by atoms with Gasteiger partial charge in [-0.3, -0.25) is 5.43 Å². The summed E-state index contributed by atoms with van der Waals surface area (Å²) in [5.41, 5.74) is 7.04. The maximum atomic E-state index is 9.34. The summed E-state index contributed by atoms with van der Waals surface area (Å²) in [7, 11) is 0. The molecule has 4 nitrogen and oxygen atoms in total. The van der Waals surface area contributed by atoms with Crippen molar-refractivity contribution in [2.45, 2.75) is 6.92 Å². The maximum Gasteiger partial charge on any atom is 0.196 e. The lowest BCUT2D eigenvalue weighted by Gasteiger charge is -2.01. The zero-order valence-corrected chi connectivity index (χ0v) is 13.3. The smallest absolute Gasteiger partial charge is 0.196 e. The summed E-state index contributed by atoms with van der Waals surface area (Å²) >= 11 is 1.41. The molecule has 0 atom stereocenters. The van der Waals surface area contributed by atoms with Gasteiger partial charge in [-0.15, -0.1) is 11.3 Å². The molecule has 0 aliphatic carbocycles. The third-order valence-corrected chi connectivity index (χ3v) is 4.05. The van der Waals surface area contributed by atoms with E-state index in [2.05, 4.69) is 21.6 Å². The van der Waals surface area contributed by atoms with Gasteiger partial charge in [0.25, 0.3) is 0 Å². The molecule has 2 aromatic carbocycles. The SMILES string of the molecule is Cc1cccc(N/N=C(/C#N)c2nc(-c3ccccc3)cs2)c1. The van der Waals surface area contributed by atoms with Crippen LogP contribution in [0.15, 0.2) is 65.1 Å². The van der Waals surface area contributed by atoms with Crippen molar-refractivity contribution in [2.24, 2.45) is 5.10 Å². The number of aromatic nitrogens is 1. The molecule has 0 bridgehead atoms. The fourth-order valence-electron chi connectivity index (χ4n) is 2.08. The zero-order chi connectivity index (χ0) is 16.1. The van der Waals surface area contributed by atoms with E-state index in [-0.39, 0.29) is 5.71 Å². The molecule has 1 aromatic heterocycles. The molecule has 0 saturated carbocycles. The van der Waals surface area contributed by atoms with E-state index in [0.29, 0.717) is 5.01 Å². The molecular formula is C18H14N4S. The summed E-state index contributed by atoms with van der Waals surface area (Å²) < 4.78 is 0. The van der Waals surface area contributed by atoms with Crippen molar-refractivity contribution >= 4 is 22.7 Å². The Balaban J connectivity index is 1.83. The Kier molecular flexibility index (Phi) is 4.46. The van der Waals surface area contributed by atoms with Crippen molar-refractivity contribution in [3.63, 3.8) is 0 Å². The van der Waals surface area contributed by atoms with Gasteiger partial charge in [-0.2, -0.15) is 10.4 Å². The van der Waals surface area contributed by atoms with Gasteiger partial charge in [0, 0.05) is 10.9 Å². The summed E-state index contributed by atoms with van der Waals surface area (Å²) in [6, 6.07) is 19.8. The second-order valence-electron chi connectivity index (χ2n) is 4.96. The number of thiazole rings is 1. The largest absolute Gasteiger partial charge is 0.277 e. The van der Waals surface area contributed by atoms with Crippen molar-refractivity contribution in [2.75, 3.05) is 5.43 Å². The molecule has 0 spiro atoms. The van der Waals surface area contributed by atoms with Gasteiger partial charge in [-0.05, 0) is 24.6 Å². The van der Waals surface area contributed by atoms with Crippen LogP contribution in [0.4, 0.5) is 5.69 Å². The number of nitriles is 1. The number of hydrogen-bond acceptors (Lipinski definition) is 5. The topological polar surface area (TPSA) is 61.1 Å². The molecule has 1 N–H and O–H groups in total. The fourth-order valence-corrected chi connectivity index (χ4v) is 2.85. The number of rotatable bonds is 4. The van der Waals surface area contributed by atoms with E-state index in [0.717, 1.165) is 22.5 Å². The molecule has 1 heterocycles. The van der Waals surface area contributed by atoms with Crippen LogP contribution in [-0.4, -0.2) is 10.7 Å². The number of benzene rings is 2. The van der Waals surface area contributed by atoms with Gasteiger partial charge in [-0.25, -0.2) is 4.98 Å². The molecule has 0 saturated heterocycles. The summed E-state index contributed by atoms with van der Waals surface area (Å²) in [6.07, 6.45) is 0. The summed E-state index contributed by atoms with van der Waals surface area (Å²) in [4.78, 5) is 4.51. The minimum Gasteiger partial charge on any atom is -0.277 e. The van der Waals surface area contributed by atoms with Crippen LogP contribution in [-0.2, 0) is 0 Å². The molecule has 0 unspecified atom stereocenters. The third-order valence-electron chi connectivity index (χ3n) is 3.20. The normalized spacial score (nSPS) is 11.0. The van der Waals surface area contributed by atoms with E-state index in [4.69, 9.17) is 0 Å². The molecule has 112 valence electrons. The average molecular weight is 318 g/mol. The molecule has 0 radical (unpaired) electrons. The minimum absolute atomic E-state index is 0.277. The molecule has 0 fully saturated rings. The predicted octanol–water partition coefficient (Wildman–Crippen LogP) is 4.46. The highest BCUT2D eigenvalue weighted by Gasteiger charge is 2.10. The first kappa shape index (κ1) is 14.9. The Labute approximate surface area is 138 Å². The molecule has 0 amide bonds. The van der Waals surface area contributed by atoms with Crippen LogP contribution in [0.3, 0.4) is 0 Å². The Morgan fingerprint density at radius 2 is 2.00 bits per heavy atom. The quantitative estimate of drug-likeness (QED) is 0.571. The number of nitrogens with one attached hydrogen (secondary N) is 1. The van der Waals surface area contributed by atoms with E-state index in [9.17, 15) is 5.26 Å². The fraction of sp³-hybridized carbons (Fsp3) is 0.0556. The average Bonchev–Trinajstić information content (AvgIpc) is 3.06. The van der Waals surface area contributed by atoms with Crippen molar-refractivity contribution in [3.8, 4) is 17.3 Å². The van der Waals surface area contributed by atoms with E-state index in [1.54, 1.807) is 0 Å². The van der Waals surface area contributed by atoms with Crippen molar-refractivity contribution in [1.29, 1.82) is 5.26 Å². The Bertz CT molecular complexity index is 875. The van der Waals surface area contributed by atoms with Gasteiger partial charge < -0.3 is 0 Å². The predicted molar refractivity (Wildman–Crippen MR) is 94.5 cm³/mol. The first-order valence-corrected chi connectivity index (χ1v) is 7.96. The molecule has 0 aliphatic rings. The first-order chi connectivity index (χ1) is 11.3. The van der Waals surface area contributed by atoms with Gasteiger partial charge in [0.2, 0.25) is 0 Å². The molecule has 5 heteroatoms. The van der Waals surface area contributed by atoms with Crippen LogP contribution in [0.1, 0.15) is 10.6 Å². The highest BCUT2D eigenvalue weighted by molar-refractivity contribution is 7.12. The molecule has 0 aliphatic heterocycles. The molecule has 3 aromatic rings. The van der Waals surface area contributed by atoms with Crippen molar-refractivity contribution in [1.82, 2.24) is 4.98 Å². The highest BCUT2D eigenvalue weighted by Crippen LogP contribution is 2.22. The van der Waals surface area contributed by atoms with Crippen molar-refractivity contribution in [3.05, 3.63) is 70.5 Å². The number of hydrogen-bond donors (Lipinski definition) is 1. The van der Waals surface area contributed by atoms with Gasteiger partial charge in [0.15, 0.2) is 10.7 Å². The number of aryl methyl sites for hydroxylation is 1. The monoisotopic (exact) mass is 318 g/mol. The lowest BCUT2D eigenvalue weighted by Crippen LogP contribution is -2.01. The molecular weight excluding hydrogens is 304 g/mol. The number of nitrogens with zero attached hydrogens (tertiary/aromatic N) is 3. The zero-order valence-electron chi connectivity index (χ0n) is 12.5. The minimum atomic E-state index is 0.277. The Morgan fingerprint density at radius 1 is 1.17 bits per heavy atom. The van der Waals surface area contributed by atoms with E-state index < -0.39 is 0 Å². The lowest BCUT2D eigenvalue weighted by atomic mass is 10.2. The molecule has 3 rings (SSSR count). The van der Waals surface area contributed by atoms with Crippen LogP contribution in [0.2, 0.25) is 0 Å². The van der Waals surface area contributed by atoms with Crippen molar-refractivity contribution < 1.29 is 0 Å². The standard InChI is InChI=1S/C18H14N4S/c1-13-6-5-9-15(10-13)21-22-16(11-19)18-20-17(12-23-18)14-7-3-2-4-8-14/h2-10,12,21H,1H3/b22-16-. The lowest BCUT2D eigenvalue weighted by molar-refractivity contribution is 1.30. The third kappa shape index (κ3) is 3.62. The second-order valence-corrected chi connectivity index (χ2v) is 5.82. The van der Waals surface area contributed by atoms with Crippen LogP contribution < -0.4 is 5.43 Å². The second kappa shape index (κ2) is 6.86. The van der Waals surface area contributed by atoms with Crippen LogP contribution in [0.25, 0.3) is 11.3 Å². The van der Waals surface area contributed by atoms with Crippen LogP contribution in [0, 0.1) is 18.3 Å². The van der Waals surface area contributed by atoms with E-state index in [1.165, 1.54) is 11.3 Å². The molecule has 23 heavy (non-hydrogen) atoms. The summed E-state index contributed by atoms with van der Waals surface area (Å²) in [5, 5.41) is 16.1. The summed E-state index contributed by atoms with van der Waals surface area (Å²) in [6.45, 7) is 2.01. The van der Waals surface area contributed by atoms with Gasteiger partial charge in [0.05, 0.1) is 11.4 Å². The van der Waals surface area contributed by atoms with E-state index >= 15 is 0 Å². The van der Waals surface area contributed by atoms with Crippen LogP contribution in [0.5, 0.6) is 0 Å². The summed E-state index contributed by atoms with van der Waals surface area (Å²) in [5.74, 6) is 0. The van der Waals surface area contributed by atoms with Gasteiger partial charge in [-0.1, -0.05) is 42.5 Å². The van der Waals surface area contributed by atoms with Gasteiger partial charge >= 0.3 is 0 Å². The number of anilines is 1. The van der Waals surface area contributed by atoms with Crippen LogP contribution >= 0.6 is 11.3 Å². The van der Waals surface area contributed by atoms with E-state index in [1.807, 2.05) is 66.9 Å². The Hall–Kier alpha value is -2.97. The highest BCUT2D eigenvalue weighted by atomic mass is 32.1. The number of hydrazone groups is 1. The Morgan fingerprint density at radius 3 is 2.74 bits per heavy atom.